The first-order chi connectivity index (χ1) is 8.96. The van der Waals surface area contributed by atoms with Gasteiger partial charge in [-0.05, 0) is 16.7 Å². The number of alkyl halides is 3. The molecule has 1 nitrogen and oxygen atoms in total. The summed E-state index contributed by atoms with van der Waals surface area (Å²) in [6.07, 6.45) is -5.24. The molecular formula is C15H15ClF3N. The fraction of sp³-hybridized carbons (Fsp3) is 0.200. The van der Waals surface area contributed by atoms with Gasteiger partial charge in [-0.1, -0.05) is 54.6 Å². The van der Waals surface area contributed by atoms with Crippen LogP contribution in [-0.2, 0) is 0 Å². The Kier molecular flexibility index (Phi) is 5.60. The van der Waals surface area contributed by atoms with Crippen molar-refractivity contribution in [3.63, 3.8) is 0 Å². The van der Waals surface area contributed by atoms with Crippen LogP contribution in [0.1, 0.15) is 18.0 Å². The average molecular weight is 302 g/mol. The van der Waals surface area contributed by atoms with Crippen molar-refractivity contribution < 1.29 is 13.2 Å². The zero-order chi connectivity index (χ0) is 13.9. The largest absolute Gasteiger partial charge is 0.390 e. The van der Waals surface area contributed by atoms with E-state index < -0.39 is 18.6 Å². The first-order valence-corrected chi connectivity index (χ1v) is 5.93. The highest BCUT2D eigenvalue weighted by atomic mass is 35.5. The van der Waals surface area contributed by atoms with Crippen LogP contribution in [0.4, 0.5) is 13.2 Å². The van der Waals surface area contributed by atoms with E-state index in [1.807, 2.05) is 30.3 Å². The van der Waals surface area contributed by atoms with Crippen molar-refractivity contribution >= 4 is 12.4 Å². The highest BCUT2D eigenvalue weighted by Gasteiger charge is 2.30. The van der Waals surface area contributed by atoms with Crippen LogP contribution >= 0.6 is 12.4 Å². The zero-order valence-electron chi connectivity index (χ0n) is 10.6. The molecule has 0 bridgehead atoms. The highest BCUT2D eigenvalue weighted by molar-refractivity contribution is 5.85. The van der Waals surface area contributed by atoms with Gasteiger partial charge in [0.05, 0.1) is 6.42 Å². The minimum atomic E-state index is -4.24. The first kappa shape index (κ1) is 16.5. The normalized spacial score (nSPS) is 12.6. The van der Waals surface area contributed by atoms with E-state index in [9.17, 15) is 13.2 Å². The highest BCUT2D eigenvalue weighted by Crippen LogP contribution is 2.29. The van der Waals surface area contributed by atoms with Crippen LogP contribution in [-0.4, -0.2) is 6.18 Å². The van der Waals surface area contributed by atoms with Crippen molar-refractivity contribution in [3.8, 4) is 11.1 Å². The van der Waals surface area contributed by atoms with E-state index in [-0.39, 0.29) is 12.4 Å². The quantitative estimate of drug-likeness (QED) is 0.871. The summed E-state index contributed by atoms with van der Waals surface area (Å²) in [5, 5.41) is 0. The van der Waals surface area contributed by atoms with Gasteiger partial charge in [-0.2, -0.15) is 13.2 Å². The summed E-state index contributed by atoms with van der Waals surface area (Å²) < 4.78 is 36.8. The van der Waals surface area contributed by atoms with Gasteiger partial charge in [0, 0.05) is 6.04 Å². The Morgan fingerprint density at radius 3 is 1.85 bits per heavy atom. The Labute approximate surface area is 122 Å². The number of hydrogen-bond acceptors (Lipinski definition) is 1. The molecule has 0 amide bonds. The molecule has 0 aliphatic carbocycles. The van der Waals surface area contributed by atoms with Crippen molar-refractivity contribution in [2.24, 2.45) is 5.73 Å². The third kappa shape index (κ3) is 4.54. The number of nitrogens with two attached hydrogens (primary N) is 1. The van der Waals surface area contributed by atoms with E-state index >= 15 is 0 Å². The summed E-state index contributed by atoms with van der Waals surface area (Å²) in [6.45, 7) is 0. The van der Waals surface area contributed by atoms with Crippen LogP contribution in [0.25, 0.3) is 11.1 Å². The molecule has 0 aromatic heterocycles. The van der Waals surface area contributed by atoms with Crippen LogP contribution in [0.15, 0.2) is 54.6 Å². The second-order valence-electron chi connectivity index (χ2n) is 4.41. The van der Waals surface area contributed by atoms with Crippen LogP contribution in [0.5, 0.6) is 0 Å². The van der Waals surface area contributed by atoms with Gasteiger partial charge in [0.2, 0.25) is 0 Å². The summed E-state index contributed by atoms with van der Waals surface area (Å²) in [5.74, 6) is 0. The lowest BCUT2D eigenvalue weighted by molar-refractivity contribution is -0.138. The summed E-state index contributed by atoms with van der Waals surface area (Å²) >= 11 is 0. The number of benzene rings is 2. The third-order valence-electron chi connectivity index (χ3n) is 2.90. The molecule has 0 aliphatic rings. The van der Waals surface area contributed by atoms with Gasteiger partial charge in [0.1, 0.15) is 0 Å². The number of rotatable bonds is 3. The minimum absolute atomic E-state index is 0. The molecule has 2 aromatic rings. The molecule has 0 unspecified atom stereocenters. The maximum Gasteiger partial charge on any atom is 0.390 e. The Morgan fingerprint density at radius 2 is 1.35 bits per heavy atom. The molecule has 0 saturated carbocycles. The monoisotopic (exact) mass is 301 g/mol. The SMILES string of the molecule is Cl.N[C@H](CC(F)(F)F)c1ccc(-c2ccccc2)cc1. The fourth-order valence-electron chi connectivity index (χ4n) is 1.92. The van der Waals surface area contributed by atoms with Gasteiger partial charge >= 0.3 is 6.18 Å². The molecule has 1 atom stereocenters. The Morgan fingerprint density at radius 1 is 0.850 bits per heavy atom. The van der Waals surface area contributed by atoms with Crippen LogP contribution in [0, 0.1) is 0 Å². The van der Waals surface area contributed by atoms with E-state index in [2.05, 4.69) is 0 Å². The van der Waals surface area contributed by atoms with E-state index in [1.54, 1.807) is 24.3 Å². The summed E-state index contributed by atoms with van der Waals surface area (Å²) in [4.78, 5) is 0. The molecule has 0 radical (unpaired) electrons. The lowest BCUT2D eigenvalue weighted by Crippen LogP contribution is -2.20. The van der Waals surface area contributed by atoms with Crippen LogP contribution < -0.4 is 5.73 Å². The van der Waals surface area contributed by atoms with Gasteiger partial charge in [-0.25, -0.2) is 0 Å². The first-order valence-electron chi connectivity index (χ1n) is 5.93. The molecule has 0 aliphatic heterocycles. The molecule has 20 heavy (non-hydrogen) atoms. The van der Waals surface area contributed by atoms with Crippen LogP contribution in [0.3, 0.4) is 0 Å². The standard InChI is InChI=1S/C15H14F3N.ClH/c16-15(17,18)10-14(19)13-8-6-12(7-9-13)11-4-2-1-3-5-11;/h1-9,14H,10,19H2;1H/t14-;/m1./s1. The predicted molar refractivity (Wildman–Crippen MR) is 76.7 cm³/mol. The topological polar surface area (TPSA) is 26.0 Å². The molecule has 2 rings (SSSR count). The number of hydrogen-bond donors (Lipinski definition) is 1. The van der Waals surface area contributed by atoms with E-state index in [4.69, 9.17) is 5.73 Å². The lowest BCUT2D eigenvalue weighted by atomic mass is 9.99. The van der Waals surface area contributed by atoms with E-state index in [0.717, 1.165) is 11.1 Å². The summed E-state index contributed by atoms with van der Waals surface area (Å²) in [7, 11) is 0. The second kappa shape index (κ2) is 6.77. The Balaban J connectivity index is 0.00000200. The van der Waals surface area contributed by atoms with E-state index in [1.165, 1.54) is 0 Å². The molecule has 2 N–H and O–H groups in total. The minimum Gasteiger partial charge on any atom is -0.324 e. The molecule has 5 heteroatoms. The zero-order valence-corrected chi connectivity index (χ0v) is 11.4. The summed E-state index contributed by atoms with van der Waals surface area (Å²) in [5.41, 5.74) is 8.04. The van der Waals surface area contributed by atoms with Gasteiger partial charge in [-0.3, -0.25) is 0 Å². The molecule has 2 aromatic carbocycles. The maximum absolute atomic E-state index is 12.3. The van der Waals surface area contributed by atoms with Gasteiger partial charge < -0.3 is 5.73 Å². The Hall–Kier alpha value is -1.52. The van der Waals surface area contributed by atoms with Crippen molar-refractivity contribution in [3.05, 3.63) is 60.2 Å². The third-order valence-corrected chi connectivity index (χ3v) is 2.90. The molecule has 0 saturated heterocycles. The van der Waals surface area contributed by atoms with E-state index in [0.29, 0.717) is 5.56 Å². The van der Waals surface area contributed by atoms with Gasteiger partial charge in [0.15, 0.2) is 0 Å². The van der Waals surface area contributed by atoms with Crippen molar-refractivity contribution in [2.45, 2.75) is 18.6 Å². The average Bonchev–Trinajstić information content (AvgIpc) is 2.38. The molecule has 0 heterocycles. The molecule has 0 fully saturated rings. The molecule has 0 spiro atoms. The number of halogens is 4. The smallest absolute Gasteiger partial charge is 0.324 e. The summed E-state index contributed by atoms with van der Waals surface area (Å²) in [6, 6.07) is 15.5. The fourth-order valence-corrected chi connectivity index (χ4v) is 1.92. The van der Waals surface area contributed by atoms with Crippen molar-refractivity contribution in [1.29, 1.82) is 0 Å². The Bertz CT molecular complexity index is 523. The van der Waals surface area contributed by atoms with Crippen molar-refractivity contribution in [2.75, 3.05) is 0 Å². The molecular weight excluding hydrogens is 287 g/mol. The van der Waals surface area contributed by atoms with Gasteiger partial charge in [0.25, 0.3) is 0 Å². The van der Waals surface area contributed by atoms with Gasteiger partial charge in [-0.15, -0.1) is 12.4 Å². The predicted octanol–water partition coefficient (Wildman–Crippen LogP) is 4.73. The van der Waals surface area contributed by atoms with Crippen molar-refractivity contribution in [1.82, 2.24) is 0 Å². The van der Waals surface area contributed by atoms with Crippen LogP contribution in [0.2, 0.25) is 0 Å². The lowest BCUT2D eigenvalue weighted by Gasteiger charge is -2.14. The second-order valence-corrected chi connectivity index (χ2v) is 4.41. The maximum atomic E-state index is 12.3. The molecule has 108 valence electrons.